The van der Waals surface area contributed by atoms with E-state index in [4.69, 9.17) is 14.2 Å². The molecule has 0 saturated heterocycles. The summed E-state index contributed by atoms with van der Waals surface area (Å²) in [7, 11) is 2.94. The number of benzene rings is 3. The molecule has 3 aromatic rings. The quantitative estimate of drug-likeness (QED) is 0.544. The first-order valence-corrected chi connectivity index (χ1v) is 9.72. The molecule has 2 amide bonds. The number of anilines is 2. The van der Waals surface area contributed by atoms with Gasteiger partial charge >= 0.3 is 0 Å². The lowest BCUT2D eigenvalue weighted by Gasteiger charge is -2.13. The Kier molecular flexibility index (Phi) is 7.28. The van der Waals surface area contributed by atoms with Crippen molar-refractivity contribution < 1.29 is 28.2 Å². The van der Waals surface area contributed by atoms with Gasteiger partial charge in [0.25, 0.3) is 11.8 Å². The van der Waals surface area contributed by atoms with Gasteiger partial charge in [-0.3, -0.25) is 9.59 Å². The van der Waals surface area contributed by atoms with Crippen molar-refractivity contribution in [2.45, 2.75) is 6.92 Å². The second-order valence-corrected chi connectivity index (χ2v) is 6.82. The van der Waals surface area contributed by atoms with Gasteiger partial charge in [0, 0.05) is 11.3 Å². The average molecular weight is 438 g/mol. The van der Waals surface area contributed by atoms with Crippen LogP contribution in [0.3, 0.4) is 0 Å². The first-order chi connectivity index (χ1) is 15.4. The summed E-state index contributed by atoms with van der Waals surface area (Å²) in [5.74, 6) is -0.136. The van der Waals surface area contributed by atoms with Crippen molar-refractivity contribution in [3.05, 3.63) is 77.6 Å². The lowest BCUT2D eigenvalue weighted by molar-refractivity contribution is -0.118. The molecule has 0 aliphatic rings. The van der Waals surface area contributed by atoms with Crippen LogP contribution in [-0.2, 0) is 4.79 Å². The van der Waals surface area contributed by atoms with Gasteiger partial charge in [0.1, 0.15) is 11.6 Å². The van der Waals surface area contributed by atoms with E-state index in [0.717, 1.165) is 0 Å². The lowest BCUT2D eigenvalue weighted by atomic mass is 10.1. The smallest absolute Gasteiger partial charge is 0.262 e. The molecular formula is C24H23FN2O5. The fourth-order valence-electron chi connectivity index (χ4n) is 2.88. The van der Waals surface area contributed by atoms with E-state index < -0.39 is 11.7 Å². The molecule has 3 aromatic carbocycles. The summed E-state index contributed by atoms with van der Waals surface area (Å²) in [6.45, 7) is 1.36. The zero-order chi connectivity index (χ0) is 23.1. The van der Waals surface area contributed by atoms with E-state index in [-0.39, 0.29) is 23.8 Å². The van der Waals surface area contributed by atoms with Crippen LogP contribution >= 0.6 is 0 Å². The molecule has 0 spiro atoms. The van der Waals surface area contributed by atoms with Gasteiger partial charge in [-0.15, -0.1) is 0 Å². The molecule has 0 radical (unpaired) electrons. The third-order valence-electron chi connectivity index (χ3n) is 4.60. The Morgan fingerprint density at radius 3 is 2.34 bits per heavy atom. The molecule has 8 heteroatoms. The fourth-order valence-corrected chi connectivity index (χ4v) is 2.88. The van der Waals surface area contributed by atoms with Crippen LogP contribution in [0.25, 0.3) is 0 Å². The maximum Gasteiger partial charge on any atom is 0.262 e. The molecule has 2 N–H and O–H groups in total. The van der Waals surface area contributed by atoms with Crippen molar-refractivity contribution in [1.29, 1.82) is 0 Å². The van der Waals surface area contributed by atoms with E-state index in [0.29, 0.717) is 28.4 Å². The van der Waals surface area contributed by atoms with Crippen LogP contribution in [0.1, 0.15) is 15.9 Å². The van der Waals surface area contributed by atoms with Gasteiger partial charge in [0.2, 0.25) is 0 Å². The van der Waals surface area contributed by atoms with Gasteiger partial charge in [-0.2, -0.15) is 0 Å². The Hall–Kier alpha value is -4.07. The maximum atomic E-state index is 13.7. The van der Waals surface area contributed by atoms with Crippen LogP contribution in [0.4, 0.5) is 15.8 Å². The molecule has 0 atom stereocenters. The van der Waals surface area contributed by atoms with Gasteiger partial charge in [0.15, 0.2) is 18.1 Å². The van der Waals surface area contributed by atoms with Gasteiger partial charge in [-0.25, -0.2) is 4.39 Å². The molecule has 7 nitrogen and oxygen atoms in total. The zero-order valence-electron chi connectivity index (χ0n) is 17.9. The molecule has 3 rings (SSSR count). The third kappa shape index (κ3) is 5.54. The Morgan fingerprint density at radius 2 is 1.62 bits per heavy atom. The topological polar surface area (TPSA) is 85.9 Å². The Morgan fingerprint density at radius 1 is 0.875 bits per heavy atom. The minimum atomic E-state index is -0.438. The highest BCUT2D eigenvalue weighted by molar-refractivity contribution is 6.04. The van der Waals surface area contributed by atoms with Gasteiger partial charge < -0.3 is 24.8 Å². The molecular weight excluding hydrogens is 415 g/mol. The van der Waals surface area contributed by atoms with Crippen molar-refractivity contribution >= 4 is 23.2 Å². The van der Waals surface area contributed by atoms with Crippen molar-refractivity contribution in [2.75, 3.05) is 31.5 Å². The standard InChI is InChI=1S/C24H23FN2O5/c1-15-8-10-17(13-18(15)25)26-24(29)16-9-11-21(22(12-16)31-3)32-14-23(28)27-19-6-4-5-7-20(19)30-2/h4-13H,14H2,1-3H3,(H,26,29)(H,27,28). The average Bonchev–Trinajstić information content (AvgIpc) is 2.80. The molecule has 0 aliphatic carbocycles. The number of carbonyl (C=O) groups excluding carboxylic acids is 2. The molecule has 166 valence electrons. The number of carbonyl (C=O) groups is 2. The monoisotopic (exact) mass is 438 g/mol. The first-order valence-electron chi connectivity index (χ1n) is 9.72. The Balaban J connectivity index is 1.65. The van der Waals surface area contributed by atoms with Gasteiger partial charge in [0.05, 0.1) is 19.9 Å². The predicted octanol–water partition coefficient (Wildman–Crippen LogP) is 4.42. The van der Waals surface area contributed by atoms with Gasteiger partial charge in [-0.1, -0.05) is 18.2 Å². The van der Waals surface area contributed by atoms with Crippen molar-refractivity contribution in [3.63, 3.8) is 0 Å². The van der Waals surface area contributed by atoms with E-state index in [2.05, 4.69) is 10.6 Å². The number of rotatable bonds is 8. The summed E-state index contributed by atoms with van der Waals surface area (Å²) in [6, 6.07) is 16.0. The van der Waals surface area contributed by atoms with E-state index in [9.17, 15) is 14.0 Å². The van der Waals surface area contributed by atoms with Crippen LogP contribution in [0.15, 0.2) is 60.7 Å². The summed E-state index contributed by atoms with van der Waals surface area (Å²) in [6.07, 6.45) is 0. The highest BCUT2D eigenvalue weighted by atomic mass is 19.1. The summed E-state index contributed by atoms with van der Waals surface area (Å²) in [5, 5.41) is 5.34. The van der Waals surface area contributed by atoms with Crippen LogP contribution in [0.2, 0.25) is 0 Å². The number of ether oxygens (including phenoxy) is 3. The van der Waals surface area contributed by atoms with Crippen LogP contribution in [0.5, 0.6) is 17.2 Å². The second-order valence-electron chi connectivity index (χ2n) is 6.82. The number of methoxy groups -OCH3 is 2. The summed E-state index contributed by atoms with van der Waals surface area (Å²) in [5.41, 5.74) is 1.63. The molecule has 0 saturated carbocycles. The SMILES string of the molecule is COc1ccccc1NC(=O)COc1ccc(C(=O)Nc2ccc(C)c(F)c2)cc1OC. The first kappa shape index (κ1) is 22.6. The number of aryl methyl sites for hydroxylation is 1. The number of amides is 2. The second kappa shape index (κ2) is 10.3. The van der Waals surface area contributed by atoms with E-state index in [1.165, 1.54) is 38.5 Å². The van der Waals surface area contributed by atoms with E-state index >= 15 is 0 Å². The number of para-hydroxylation sites is 2. The summed E-state index contributed by atoms with van der Waals surface area (Å²) < 4.78 is 29.8. The number of hydrogen-bond acceptors (Lipinski definition) is 5. The van der Waals surface area contributed by atoms with E-state index in [1.807, 2.05) is 0 Å². The fraction of sp³-hybridized carbons (Fsp3) is 0.167. The summed E-state index contributed by atoms with van der Waals surface area (Å²) >= 11 is 0. The maximum absolute atomic E-state index is 13.7. The Bertz CT molecular complexity index is 1130. The molecule has 0 aliphatic heterocycles. The minimum Gasteiger partial charge on any atom is -0.495 e. The van der Waals surface area contributed by atoms with Gasteiger partial charge in [-0.05, 0) is 55.0 Å². The third-order valence-corrected chi connectivity index (χ3v) is 4.60. The largest absolute Gasteiger partial charge is 0.495 e. The molecule has 0 unspecified atom stereocenters. The van der Waals surface area contributed by atoms with Crippen LogP contribution < -0.4 is 24.8 Å². The van der Waals surface area contributed by atoms with Crippen LogP contribution in [0, 0.1) is 12.7 Å². The Labute approximate surface area is 185 Å². The number of hydrogen-bond donors (Lipinski definition) is 2. The molecule has 0 fully saturated rings. The normalized spacial score (nSPS) is 10.2. The highest BCUT2D eigenvalue weighted by Crippen LogP contribution is 2.29. The van der Waals surface area contributed by atoms with Crippen molar-refractivity contribution in [1.82, 2.24) is 0 Å². The van der Waals surface area contributed by atoms with Crippen molar-refractivity contribution in [3.8, 4) is 17.2 Å². The lowest BCUT2D eigenvalue weighted by Crippen LogP contribution is -2.20. The molecule has 0 heterocycles. The summed E-state index contributed by atoms with van der Waals surface area (Å²) in [4.78, 5) is 24.8. The molecule has 0 aromatic heterocycles. The van der Waals surface area contributed by atoms with Crippen molar-refractivity contribution in [2.24, 2.45) is 0 Å². The molecule has 32 heavy (non-hydrogen) atoms. The predicted molar refractivity (Wildman–Crippen MR) is 119 cm³/mol. The van der Waals surface area contributed by atoms with E-state index in [1.54, 1.807) is 43.3 Å². The van der Waals surface area contributed by atoms with Crippen LogP contribution in [-0.4, -0.2) is 32.6 Å². The highest BCUT2D eigenvalue weighted by Gasteiger charge is 2.14. The zero-order valence-corrected chi connectivity index (χ0v) is 17.9. The number of nitrogens with one attached hydrogen (secondary N) is 2. The number of halogens is 1. The molecule has 0 bridgehead atoms. The minimum absolute atomic E-state index is 0.275.